The van der Waals surface area contributed by atoms with Gasteiger partial charge < -0.3 is 5.73 Å². The fraction of sp³-hybridized carbons (Fsp3) is 0.154. The Kier molecular flexibility index (Phi) is 2.87. The van der Waals surface area contributed by atoms with E-state index in [1.807, 2.05) is 42.9 Å². The smallest absolute Gasteiger partial charge is 0.117 e. The van der Waals surface area contributed by atoms with Crippen LogP contribution in [0.15, 0.2) is 40.6 Å². The van der Waals surface area contributed by atoms with Gasteiger partial charge >= 0.3 is 0 Å². The number of fused-ring (bicyclic) bond motifs is 1. The van der Waals surface area contributed by atoms with Crippen LogP contribution in [0.25, 0.3) is 10.9 Å². The maximum absolute atomic E-state index is 5.84. The predicted octanol–water partition coefficient (Wildman–Crippen LogP) is 2.41. The molecule has 2 aromatic heterocycles. The van der Waals surface area contributed by atoms with Gasteiger partial charge in [-0.3, -0.25) is 4.68 Å². The van der Waals surface area contributed by atoms with E-state index < -0.39 is 0 Å². The molecular weight excluding hydrogens is 258 g/mol. The van der Waals surface area contributed by atoms with Crippen LogP contribution in [0.5, 0.6) is 0 Å². The summed E-state index contributed by atoms with van der Waals surface area (Å²) in [5, 5.41) is 7.23. The van der Waals surface area contributed by atoms with Crippen molar-refractivity contribution in [1.82, 2.24) is 19.7 Å². The molecule has 0 saturated heterocycles. The lowest BCUT2D eigenvalue weighted by Gasteiger charge is -2.05. The first-order valence-electron chi connectivity index (χ1n) is 5.82. The lowest BCUT2D eigenvalue weighted by Crippen LogP contribution is -1.94. The molecule has 0 aliphatic carbocycles. The van der Waals surface area contributed by atoms with Crippen molar-refractivity contribution in [2.24, 2.45) is 7.05 Å². The SMILES string of the molecule is Cc1cc(Sc2ncnc3ccc(N)cc23)n(C)n1. The van der Waals surface area contributed by atoms with E-state index in [4.69, 9.17) is 5.73 Å². The van der Waals surface area contributed by atoms with Crippen LogP contribution >= 0.6 is 11.8 Å². The minimum atomic E-state index is 0.713. The average Bonchev–Trinajstić information content (AvgIpc) is 2.69. The average molecular weight is 271 g/mol. The lowest BCUT2D eigenvalue weighted by atomic mass is 10.2. The highest BCUT2D eigenvalue weighted by atomic mass is 32.2. The van der Waals surface area contributed by atoms with Gasteiger partial charge in [0.25, 0.3) is 0 Å². The Morgan fingerprint density at radius 1 is 1.21 bits per heavy atom. The molecule has 0 fully saturated rings. The number of aromatic nitrogens is 4. The van der Waals surface area contributed by atoms with Crippen molar-refractivity contribution in [2.45, 2.75) is 17.0 Å². The van der Waals surface area contributed by atoms with Crippen LogP contribution in [0.4, 0.5) is 5.69 Å². The predicted molar refractivity (Wildman–Crippen MR) is 76.0 cm³/mol. The largest absolute Gasteiger partial charge is 0.399 e. The van der Waals surface area contributed by atoms with Gasteiger partial charge in [0.05, 0.1) is 11.2 Å². The zero-order valence-corrected chi connectivity index (χ0v) is 11.5. The van der Waals surface area contributed by atoms with Crippen LogP contribution in [0, 0.1) is 6.92 Å². The summed E-state index contributed by atoms with van der Waals surface area (Å²) >= 11 is 1.57. The van der Waals surface area contributed by atoms with Crippen LogP contribution in [0.2, 0.25) is 0 Å². The normalized spacial score (nSPS) is 11.1. The molecule has 0 spiro atoms. The number of nitrogens with two attached hydrogens (primary N) is 1. The summed E-state index contributed by atoms with van der Waals surface area (Å²) in [5.74, 6) is 0. The molecule has 6 heteroatoms. The summed E-state index contributed by atoms with van der Waals surface area (Å²) < 4.78 is 1.85. The topological polar surface area (TPSA) is 69.6 Å². The molecule has 0 aliphatic heterocycles. The molecule has 0 atom stereocenters. The van der Waals surface area contributed by atoms with E-state index in [0.29, 0.717) is 5.69 Å². The summed E-state index contributed by atoms with van der Waals surface area (Å²) in [4.78, 5) is 8.60. The van der Waals surface area contributed by atoms with Crippen LogP contribution in [0.3, 0.4) is 0 Å². The molecular formula is C13H13N5S. The summed E-state index contributed by atoms with van der Waals surface area (Å²) in [7, 11) is 1.92. The van der Waals surface area contributed by atoms with E-state index in [0.717, 1.165) is 26.6 Å². The zero-order valence-electron chi connectivity index (χ0n) is 10.7. The Bertz CT molecular complexity index is 750. The Labute approximate surface area is 114 Å². The maximum Gasteiger partial charge on any atom is 0.117 e. The van der Waals surface area contributed by atoms with Gasteiger partial charge in [-0.05, 0) is 43.0 Å². The molecule has 3 aromatic rings. The lowest BCUT2D eigenvalue weighted by molar-refractivity contribution is 0.692. The third-order valence-electron chi connectivity index (χ3n) is 2.78. The van der Waals surface area contributed by atoms with Crippen LogP contribution < -0.4 is 5.73 Å². The Hall–Kier alpha value is -2.08. The number of hydrogen-bond donors (Lipinski definition) is 1. The number of nitrogen functional groups attached to an aromatic ring is 1. The summed E-state index contributed by atoms with van der Waals surface area (Å²) in [6.07, 6.45) is 1.57. The van der Waals surface area contributed by atoms with Crippen molar-refractivity contribution in [2.75, 3.05) is 5.73 Å². The minimum Gasteiger partial charge on any atom is -0.399 e. The monoisotopic (exact) mass is 271 g/mol. The van der Waals surface area contributed by atoms with Gasteiger partial charge in [-0.25, -0.2) is 9.97 Å². The second-order valence-electron chi connectivity index (χ2n) is 4.31. The van der Waals surface area contributed by atoms with Gasteiger partial charge in [0.2, 0.25) is 0 Å². The first-order chi connectivity index (χ1) is 9.13. The van der Waals surface area contributed by atoms with Crippen LogP contribution in [0.1, 0.15) is 5.69 Å². The molecule has 0 saturated carbocycles. The molecule has 96 valence electrons. The molecule has 2 N–H and O–H groups in total. The summed E-state index contributed by atoms with van der Waals surface area (Å²) in [5.41, 5.74) is 8.43. The van der Waals surface area contributed by atoms with Gasteiger partial charge in [-0.15, -0.1) is 0 Å². The van der Waals surface area contributed by atoms with Gasteiger partial charge in [0.1, 0.15) is 16.4 Å². The number of aryl methyl sites for hydroxylation is 2. The molecule has 0 bridgehead atoms. The van der Waals surface area contributed by atoms with Crippen molar-refractivity contribution in [3.05, 3.63) is 36.3 Å². The third kappa shape index (κ3) is 2.26. The number of nitrogens with zero attached hydrogens (tertiary/aromatic N) is 4. The van der Waals surface area contributed by atoms with E-state index in [-0.39, 0.29) is 0 Å². The number of rotatable bonds is 2. The molecule has 0 amide bonds. The van der Waals surface area contributed by atoms with Crippen molar-refractivity contribution in [1.29, 1.82) is 0 Å². The maximum atomic E-state index is 5.84. The molecule has 2 heterocycles. The summed E-state index contributed by atoms with van der Waals surface area (Å²) in [6, 6.07) is 7.69. The van der Waals surface area contributed by atoms with E-state index >= 15 is 0 Å². The quantitative estimate of drug-likeness (QED) is 0.572. The first-order valence-corrected chi connectivity index (χ1v) is 6.64. The molecule has 3 rings (SSSR count). The van der Waals surface area contributed by atoms with E-state index in [1.165, 1.54) is 0 Å². The molecule has 0 unspecified atom stereocenters. The first kappa shape index (κ1) is 12.0. The Morgan fingerprint density at radius 3 is 2.79 bits per heavy atom. The highest BCUT2D eigenvalue weighted by molar-refractivity contribution is 7.99. The second-order valence-corrected chi connectivity index (χ2v) is 5.31. The fourth-order valence-corrected chi connectivity index (χ4v) is 2.89. The van der Waals surface area contributed by atoms with Crippen molar-refractivity contribution < 1.29 is 0 Å². The van der Waals surface area contributed by atoms with Gasteiger partial charge in [-0.2, -0.15) is 5.10 Å². The second kappa shape index (κ2) is 4.55. The van der Waals surface area contributed by atoms with Gasteiger partial charge in [0, 0.05) is 18.1 Å². The summed E-state index contributed by atoms with van der Waals surface area (Å²) in [6.45, 7) is 1.97. The van der Waals surface area contributed by atoms with Gasteiger partial charge in [0.15, 0.2) is 0 Å². The Balaban J connectivity index is 2.10. The van der Waals surface area contributed by atoms with Crippen LogP contribution in [-0.2, 0) is 7.05 Å². The van der Waals surface area contributed by atoms with Crippen molar-refractivity contribution in [3.8, 4) is 0 Å². The van der Waals surface area contributed by atoms with Crippen LogP contribution in [-0.4, -0.2) is 19.7 Å². The van der Waals surface area contributed by atoms with Gasteiger partial charge in [-0.1, -0.05) is 0 Å². The molecule has 5 nitrogen and oxygen atoms in total. The fourth-order valence-electron chi connectivity index (χ4n) is 1.91. The third-order valence-corrected chi connectivity index (χ3v) is 3.89. The Morgan fingerprint density at radius 2 is 2.05 bits per heavy atom. The standard InChI is InChI=1S/C13H13N5S/c1-8-5-12(18(2)17-8)19-13-10-6-9(14)3-4-11(10)15-7-16-13/h3-7H,14H2,1-2H3. The minimum absolute atomic E-state index is 0.713. The van der Waals surface area contributed by atoms with E-state index in [9.17, 15) is 0 Å². The molecule has 19 heavy (non-hydrogen) atoms. The molecule has 0 radical (unpaired) electrons. The van der Waals surface area contributed by atoms with Crippen molar-refractivity contribution >= 4 is 28.4 Å². The van der Waals surface area contributed by atoms with E-state index in [2.05, 4.69) is 15.1 Å². The van der Waals surface area contributed by atoms with E-state index in [1.54, 1.807) is 18.1 Å². The number of hydrogen-bond acceptors (Lipinski definition) is 5. The number of benzene rings is 1. The zero-order chi connectivity index (χ0) is 13.4. The highest BCUT2D eigenvalue weighted by Crippen LogP contribution is 2.31. The van der Waals surface area contributed by atoms with Crippen molar-refractivity contribution in [3.63, 3.8) is 0 Å². The number of anilines is 1. The molecule has 1 aromatic carbocycles. The highest BCUT2D eigenvalue weighted by Gasteiger charge is 2.09. The molecule has 0 aliphatic rings.